The van der Waals surface area contributed by atoms with Gasteiger partial charge in [0.2, 0.25) is 0 Å². The second-order valence-corrected chi connectivity index (χ2v) is 6.70. The lowest BCUT2D eigenvalue weighted by Crippen LogP contribution is -2.25. The van der Waals surface area contributed by atoms with E-state index < -0.39 is 0 Å². The van der Waals surface area contributed by atoms with Crippen LogP contribution in [-0.2, 0) is 17.6 Å². The number of hydrogen-bond donors (Lipinski definition) is 1. The van der Waals surface area contributed by atoms with Crippen LogP contribution in [0.4, 0.5) is 0 Å². The minimum atomic E-state index is -0.170. The molecule has 0 radical (unpaired) electrons. The van der Waals surface area contributed by atoms with Gasteiger partial charge in [-0.05, 0) is 49.1 Å². The van der Waals surface area contributed by atoms with Crippen LogP contribution in [0, 0.1) is 10.8 Å². The van der Waals surface area contributed by atoms with Crippen molar-refractivity contribution in [2.75, 3.05) is 13.2 Å². The normalized spacial score (nSPS) is 22.2. The van der Waals surface area contributed by atoms with Crippen LogP contribution in [0.5, 0.6) is 0 Å². The van der Waals surface area contributed by atoms with E-state index in [1.54, 1.807) is 0 Å². The fourth-order valence-corrected chi connectivity index (χ4v) is 3.46. The maximum atomic E-state index is 10.2. The van der Waals surface area contributed by atoms with E-state index in [1.807, 2.05) is 0 Å². The summed E-state index contributed by atoms with van der Waals surface area (Å²) in [5, 5.41) is 2.86. The highest BCUT2D eigenvalue weighted by molar-refractivity contribution is 5.23. The fourth-order valence-electron chi connectivity index (χ4n) is 3.46. The molecular formula is C19H30N2O2. The molecule has 0 saturated carbocycles. The van der Waals surface area contributed by atoms with Crippen LogP contribution >= 0.6 is 0 Å². The third kappa shape index (κ3) is 6.04. The molecule has 23 heavy (non-hydrogen) atoms. The van der Waals surface area contributed by atoms with Crippen LogP contribution in [0.1, 0.15) is 50.2 Å². The van der Waals surface area contributed by atoms with Gasteiger partial charge in [0.05, 0.1) is 12.6 Å². The van der Waals surface area contributed by atoms with Gasteiger partial charge in [-0.25, -0.2) is 0 Å². The average Bonchev–Trinajstić information content (AvgIpc) is 3.01. The molecule has 0 aromatic heterocycles. The quantitative estimate of drug-likeness (QED) is 0.526. The molecule has 3 atom stereocenters. The zero-order valence-electron chi connectivity index (χ0n) is 14.2. The van der Waals surface area contributed by atoms with Gasteiger partial charge >= 0.3 is 0 Å². The maximum absolute atomic E-state index is 10.2. The second-order valence-electron chi connectivity index (χ2n) is 6.70. The molecule has 2 rings (SSSR count). The van der Waals surface area contributed by atoms with E-state index in [0.717, 1.165) is 18.9 Å². The van der Waals surface area contributed by atoms with Gasteiger partial charge in [0, 0.05) is 12.6 Å². The van der Waals surface area contributed by atoms with Gasteiger partial charge in [-0.2, -0.15) is 4.91 Å². The Balaban J connectivity index is 1.67. The predicted molar refractivity (Wildman–Crippen MR) is 94.5 cm³/mol. The molecule has 1 aromatic rings. The zero-order valence-corrected chi connectivity index (χ0v) is 14.2. The number of benzene rings is 1. The molecule has 4 heteroatoms. The molecule has 128 valence electrons. The summed E-state index contributed by atoms with van der Waals surface area (Å²) >= 11 is 0. The molecule has 1 aliphatic rings. The molecule has 1 heterocycles. The molecule has 0 spiro atoms. The Morgan fingerprint density at radius 3 is 2.70 bits per heavy atom. The van der Waals surface area contributed by atoms with Gasteiger partial charge < -0.3 is 10.5 Å². The van der Waals surface area contributed by atoms with Crippen LogP contribution < -0.4 is 5.73 Å². The van der Waals surface area contributed by atoms with Crippen molar-refractivity contribution in [2.24, 2.45) is 16.8 Å². The molecule has 1 fully saturated rings. The smallest absolute Gasteiger partial charge is 0.0965 e. The number of rotatable bonds is 10. The van der Waals surface area contributed by atoms with Crippen molar-refractivity contribution in [2.45, 2.75) is 64.0 Å². The van der Waals surface area contributed by atoms with E-state index >= 15 is 0 Å². The molecule has 0 aliphatic carbocycles. The molecule has 4 nitrogen and oxygen atoms in total. The Kier molecular flexibility index (Phi) is 7.69. The summed E-state index contributed by atoms with van der Waals surface area (Å²) < 4.78 is 5.84. The van der Waals surface area contributed by atoms with Crippen molar-refractivity contribution in [1.29, 1.82) is 0 Å². The van der Waals surface area contributed by atoms with Crippen molar-refractivity contribution in [3.63, 3.8) is 0 Å². The monoisotopic (exact) mass is 318 g/mol. The predicted octanol–water partition coefficient (Wildman–Crippen LogP) is 3.85. The number of aryl methyl sites for hydroxylation is 1. The van der Waals surface area contributed by atoms with Crippen LogP contribution in [-0.4, -0.2) is 25.3 Å². The summed E-state index contributed by atoms with van der Waals surface area (Å²) in [7, 11) is 0. The van der Waals surface area contributed by atoms with Crippen molar-refractivity contribution in [1.82, 2.24) is 0 Å². The Morgan fingerprint density at radius 2 is 2.00 bits per heavy atom. The van der Waals surface area contributed by atoms with E-state index in [-0.39, 0.29) is 12.6 Å². The van der Waals surface area contributed by atoms with E-state index in [9.17, 15) is 4.91 Å². The summed E-state index contributed by atoms with van der Waals surface area (Å²) in [6.07, 6.45) is 8.45. The minimum Gasteiger partial charge on any atom is -0.378 e. The highest BCUT2D eigenvalue weighted by Crippen LogP contribution is 2.27. The molecule has 0 bridgehead atoms. The second kappa shape index (κ2) is 9.78. The highest BCUT2D eigenvalue weighted by Gasteiger charge is 2.25. The van der Waals surface area contributed by atoms with Gasteiger partial charge in [0.15, 0.2) is 0 Å². The van der Waals surface area contributed by atoms with Crippen LogP contribution in [0.15, 0.2) is 29.4 Å². The SMILES string of the molecule is CCC1CCOC1CCCCc1ccc(CC(N)CN=O)cc1. The van der Waals surface area contributed by atoms with Gasteiger partial charge in [-0.1, -0.05) is 49.2 Å². The third-order valence-corrected chi connectivity index (χ3v) is 4.90. The number of ether oxygens (including phenoxy) is 1. The fraction of sp³-hybridized carbons (Fsp3) is 0.684. The topological polar surface area (TPSA) is 64.7 Å². The summed E-state index contributed by atoms with van der Waals surface area (Å²) in [6, 6.07) is 8.42. The molecule has 1 aromatic carbocycles. The lowest BCUT2D eigenvalue weighted by atomic mass is 9.94. The lowest BCUT2D eigenvalue weighted by Gasteiger charge is -2.16. The maximum Gasteiger partial charge on any atom is 0.0965 e. The van der Waals surface area contributed by atoms with Crippen molar-refractivity contribution < 1.29 is 4.74 Å². The average molecular weight is 318 g/mol. The Labute approximate surface area is 139 Å². The van der Waals surface area contributed by atoms with Crippen LogP contribution in [0.25, 0.3) is 0 Å². The van der Waals surface area contributed by atoms with Crippen molar-refractivity contribution in [3.8, 4) is 0 Å². The summed E-state index contributed by atoms with van der Waals surface area (Å²) in [6.45, 7) is 3.40. The van der Waals surface area contributed by atoms with Gasteiger partial charge in [-0.15, -0.1) is 0 Å². The van der Waals surface area contributed by atoms with E-state index in [4.69, 9.17) is 10.5 Å². The standard InChI is InChI=1S/C19H30N2O2/c1-2-17-11-12-23-19(17)6-4-3-5-15-7-9-16(10-8-15)13-18(20)14-21-22/h7-10,17-19H,2-6,11-14,20H2,1H3. The largest absolute Gasteiger partial charge is 0.378 e. The Bertz CT molecular complexity index is 461. The lowest BCUT2D eigenvalue weighted by molar-refractivity contribution is 0.0804. The molecular weight excluding hydrogens is 288 g/mol. The van der Waals surface area contributed by atoms with Crippen molar-refractivity contribution in [3.05, 3.63) is 40.3 Å². The Morgan fingerprint density at radius 1 is 1.26 bits per heavy atom. The first-order valence-electron chi connectivity index (χ1n) is 8.97. The zero-order chi connectivity index (χ0) is 16.5. The number of nitrogens with zero attached hydrogens (tertiary/aromatic N) is 1. The third-order valence-electron chi connectivity index (χ3n) is 4.90. The minimum absolute atomic E-state index is 0.170. The molecule has 3 unspecified atom stereocenters. The van der Waals surface area contributed by atoms with Gasteiger partial charge in [0.25, 0.3) is 0 Å². The first-order chi connectivity index (χ1) is 11.2. The summed E-state index contributed by atoms with van der Waals surface area (Å²) in [5.74, 6) is 0.777. The number of unbranched alkanes of at least 4 members (excludes halogenated alkanes) is 1. The molecule has 0 amide bonds. The number of nitroso groups, excluding NO2 is 1. The first-order valence-corrected chi connectivity index (χ1v) is 8.97. The molecule has 1 saturated heterocycles. The molecule has 1 aliphatic heterocycles. The summed E-state index contributed by atoms with van der Waals surface area (Å²) in [4.78, 5) is 10.2. The van der Waals surface area contributed by atoms with Gasteiger partial charge in [0.1, 0.15) is 0 Å². The van der Waals surface area contributed by atoms with Crippen LogP contribution in [0.2, 0.25) is 0 Å². The summed E-state index contributed by atoms with van der Waals surface area (Å²) in [5.41, 5.74) is 8.38. The Hall–Kier alpha value is -1.26. The first kappa shape index (κ1) is 18.1. The van der Waals surface area contributed by atoms with Gasteiger partial charge in [-0.3, -0.25) is 0 Å². The van der Waals surface area contributed by atoms with Crippen molar-refractivity contribution >= 4 is 0 Å². The molecule has 2 N–H and O–H groups in total. The van der Waals surface area contributed by atoms with E-state index in [2.05, 4.69) is 36.4 Å². The van der Waals surface area contributed by atoms with E-state index in [0.29, 0.717) is 12.5 Å². The number of hydrogen-bond acceptors (Lipinski definition) is 4. The number of nitrogens with two attached hydrogens (primary N) is 1. The van der Waals surface area contributed by atoms with E-state index in [1.165, 1.54) is 43.2 Å². The van der Waals surface area contributed by atoms with Crippen LogP contribution in [0.3, 0.4) is 0 Å². The highest BCUT2D eigenvalue weighted by atomic mass is 16.5.